The Balaban J connectivity index is 3.52. The SMILES string of the molecule is C/C(=C\CCl)CCC[C@@H](C)CCC[C@@H](C)CCCC(C)C. The first kappa shape index (κ1) is 21.0. The van der Waals surface area contributed by atoms with Crippen LogP contribution in [0.2, 0.25) is 0 Å². The molecule has 2 atom stereocenters. The van der Waals surface area contributed by atoms with Crippen molar-refractivity contribution in [3.8, 4) is 0 Å². The molecule has 0 rings (SSSR count). The van der Waals surface area contributed by atoms with Crippen LogP contribution < -0.4 is 0 Å². The van der Waals surface area contributed by atoms with E-state index in [4.69, 9.17) is 11.6 Å². The average molecular weight is 315 g/mol. The minimum atomic E-state index is 0.663. The average Bonchev–Trinajstić information content (AvgIpc) is 2.38. The first-order chi connectivity index (χ1) is 9.95. The van der Waals surface area contributed by atoms with Crippen LogP contribution in [0.15, 0.2) is 11.6 Å². The molecule has 0 aromatic heterocycles. The van der Waals surface area contributed by atoms with Crippen LogP contribution >= 0.6 is 11.6 Å². The topological polar surface area (TPSA) is 0 Å². The zero-order valence-electron chi connectivity index (χ0n) is 15.3. The zero-order chi connectivity index (χ0) is 16.1. The molecule has 0 nitrogen and oxygen atoms in total. The van der Waals surface area contributed by atoms with Crippen LogP contribution in [0.5, 0.6) is 0 Å². The van der Waals surface area contributed by atoms with E-state index < -0.39 is 0 Å². The number of hydrogen-bond donors (Lipinski definition) is 0. The van der Waals surface area contributed by atoms with Gasteiger partial charge in [-0.1, -0.05) is 84.3 Å². The molecular weight excluding hydrogens is 276 g/mol. The molecule has 0 radical (unpaired) electrons. The van der Waals surface area contributed by atoms with Gasteiger partial charge in [0.1, 0.15) is 0 Å². The van der Waals surface area contributed by atoms with E-state index in [1.165, 1.54) is 63.4 Å². The Morgan fingerprint density at radius 2 is 1.29 bits per heavy atom. The quantitative estimate of drug-likeness (QED) is 0.242. The summed E-state index contributed by atoms with van der Waals surface area (Å²) in [4.78, 5) is 0. The lowest BCUT2D eigenvalue weighted by atomic mass is 9.91. The van der Waals surface area contributed by atoms with Crippen LogP contribution in [0.1, 0.15) is 92.4 Å². The Bertz CT molecular complexity index is 255. The molecule has 0 saturated carbocycles. The fourth-order valence-corrected chi connectivity index (χ4v) is 3.20. The first-order valence-electron chi connectivity index (χ1n) is 9.17. The van der Waals surface area contributed by atoms with Crippen LogP contribution in [0.4, 0.5) is 0 Å². The third-order valence-electron chi connectivity index (χ3n) is 4.57. The van der Waals surface area contributed by atoms with Gasteiger partial charge in [-0.15, -0.1) is 11.6 Å². The smallest absolute Gasteiger partial charge is 0.0406 e. The largest absolute Gasteiger partial charge is 0.122 e. The van der Waals surface area contributed by atoms with E-state index >= 15 is 0 Å². The van der Waals surface area contributed by atoms with Crippen molar-refractivity contribution in [2.24, 2.45) is 17.8 Å². The van der Waals surface area contributed by atoms with Crippen molar-refractivity contribution in [3.63, 3.8) is 0 Å². The highest BCUT2D eigenvalue weighted by atomic mass is 35.5. The summed E-state index contributed by atoms with van der Waals surface area (Å²) >= 11 is 5.71. The predicted octanol–water partition coefficient (Wildman–Crippen LogP) is 7.61. The van der Waals surface area contributed by atoms with Gasteiger partial charge in [0.05, 0.1) is 0 Å². The molecule has 0 spiro atoms. The molecule has 21 heavy (non-hydrogen) atoms. The molecule has 0 saturated heterocycles. The minimum absolute atomic E-state index is 0.663. The van der Waals surface area contributed by atoms with Gasteiger partial charge in [-0.3, -0.25) is 0 Å². The Kier molecular flexibility index (Phi) is 13.7. The summed E-state index contributed by atoms with van der Waals surface area (Å²) in [5.74, 6) is 3.34. The summed E-state index contributed by atoms with van der Waals surface area (Å²) < 4.78 is 0. The van der Waals surface area contributed by atoms with Gasteiger partial charge >= 0.3 is 0 Å². The van der Waals surface area contributed by atoms with Crippen LogP contribution in [-0.4, -0.2) is 5.88 Å². The second-order valence-corrected chi connectivity index (χ2v) is 7.87. The van der Waals surface area contributed by atoms with E-state index in [0.29, 0.717) is 5.88 Å². The molecule has 0 aliphatic heterocycles. The molecule has 126 valence electrons. The molecule has 0 bridgehead atoms. The van der Waals surface area contributed by atoms with Crippen molar-refractivity contribution in [3.05, 3.63) is 11.6 Å². The van der Waals surface area contributed by atoms with E-state index in [9.17, 15) is 0 Å². The van der Waals surface area contributed by atoms with E-state index in [1.54, 1.807) is 0 Å². The van der Waals surface area contributed by atoms with Crippen molar-refractivity contribution in [2.45, 2.75) is 92.4 Å². The second kappa shape index (κ2) is 13.7. The molecule has 0 fully saturated rings. The molecule has 0 aromatic carbocycles. The number of alkyl halides is 1. The Labute approximate surface area is 139 Å². The van der Waals surface area contributed by atoms with Gasteiger partial charge in [0.2, 0.25) is 0 Å². The first-order valence-corrected chi connectivity index (χ1v) is 9.70. The molecule has 0 aromatic rings. The summed E-state index contributed by atoms with van der Waals surface area (Å²) in [6.07, 6.45) is 14.6. The van der Waals surface area contributed by atoms with Crippen molar-refractivity contribution >= 4 is 11.6 Å². The van der Waals surface area contributed by atoms with Crippen molar-refractivity contribution in [1.29, 1.82) is 0 Å². The molecule has 0 aliphatic rings. The van der Waals surface area contributed by atoms with E-state index in [-0.39, 0.29) is 0 Å². The van der Waals surface area contributed by atoms with Crippen LogP contribution in [0, 0.1) is 17.8 Å². The summed E-state index contributed by atoms with van der Waals surface area (Å²) in [7, 11) is 0. The number of halogens is 1. The Hall–Kier alpha value is 0.0300. The van der Waals surface area contributed by atoms with Gasteiger partial charge < -0.3 is 0 Å². The normalized spacial score (nSPS) is 15.5. The van der Waals surface area contributed by atoms with Gasteiger partial charge in [-0.25, -0.2) is 0 Å². The van der Waals surface area contributed by atoms with E-state index in [0.717, 1.165) is 17.8 Å². The maximum absolute atomic E-state index is 5.71. The Morgan fingerprint density at radius 3 is 1.76 bits per heavy atom. The van der Waals surface area contributed by atoms with Crippen LogP contribution in [-0.2, 0) is 0 Å². The third kappa shape index (κ3) is 14.7. The molecule has 0 aliphatic carbocycles. The van der Waals surface area contributed by atoms with Crippen LogP contribution in [0.3, 0.4) is 0 Å². The number of hydrogen-bond acceptors (Lipinski definition) is 0. The second-order valence-electron chi connectivity index (χ2n) is 7.56. The molecular formula is C20H39Cl. The Morgan fingerprint density at radius 1 is 0.810 bits per heavy atom. The lowest BCUT2D eigenvalue weighted by Gasteiger charge is -2.15. The summed E-state index contributed by atoms with van der Waals surface area (Å²) in [6, 6.07) is 0. The summed E-state index contributed by atoms with van der Waals surface area (Å²) in [5.41, 5.74) is 1.45. The fraction of sp³-hybridized carbons (Fsp3) is 0.900. The molecule has 1 heteroatoms. The summed E-state index contributed by atoms with van der Waals surface area (Å²) in [6.45, 7) is 11.7. The van der Waals surface area contributed by atoms with Crippen molar-refractivity contribution in [1.82, 2.24) is 0 Å². The van der Waals surface area contributed by atoms with Crippen molar-refractivity contribution in [2.75, 3.05) is 5.88 Å². The highest BCUT2D eigenvalue weighted by Crippen LogP contribution is 2.21. The maximum Gasteiger partial charge on any atom is 0.0406 e. The number of allylic oxidation sites excluding steroid dienone is 2. The molecule has 0 amide bonds. The standard InChI is InChI=1S/C20H39Cl/c1-17(2)9-6-10-18(3)11-7-12-19(4)13-8-14-20(5)15-16-21/h15,17-19H,6-14,16H2,1-5H3/b20-15+/t18-,19-/m0/s1. The third-order valence-corrected chi connectivity index (χ3v) is 4.72. The molecule has 0 N–H and O–H groups in total. The van der Waals surface area contributed by atoms with E-state index in [2.05, 4.69) is 40.7 Å². The predicted molar refractivity (Wildman–Crippen MR) is 99.2 cm³/mol. The zero-order valence-corrected chi connectivity index (χ0v) is 16.0. The van der Waals surface area contributed by atoms with Gasteiger partial charge in [-0.05, 0) is 37.5 Å². The van der Waals surface area contributed by atoms with Gasteiger partial charge in [0.25, 0.3) is 0 Å². The highest BCUT2D eigenvalue weighted by molar-refractivity contribution is 6.18. The molecule has 0 heterocycles. The van der Waals surface area contributed by atoms with E-state index in [1.807, 2.05) is 0 Å². The lowest BCUT2D eigenvalue weighted by molar-refractivity contribution is 0.389. The van der Waals surface area contributed by atoms with Crippen molar-refractivity contribution < 1.29 is 0 Å². The van der Waals surface area contributed by atoms with Crippen LogP contribution in [0.25, 0.3) is 0 Å². The minimum Gasteiger partial charge on any atom is -0.122 e. The summed E-state index contributed by atoms with van der Waals surface area (Å²) in [5, 5.41) is 0. The fourth-order valence-electron chi connectivity index (χ4n) is 2.94. The highest BCUT2D eigenvalue weighted by Gasteiger charge is 2.06. The number of rotatable bonds is 13. The lowest BCUT2D eigenvalue weighted by Crippen LogP contribution is -2.00. The van der Waals surface area contributed by atoms with Gasteiger partial charge in [0.15, 0.2) is 0 Å². The van der Waals surface area contributed by atoms with Gasteiger partial charge in [-0.2, -0.15) is 0 Å². The maximum atomic E-state index is 5.71. The molecule has 0 unspecified atom stereocenters. The monoisotopic (exact) mass is 314 g/mol. The van der Waals surface area contributed by atoms with Gasteiger partial charge in [0, 0.05) is 5.88 Å².